The number of rotatable bonds is 10. The molecule has 1 heterocycles. The number of carbonyl (C=O) groups is 1. The Morgan fingerprint density at radius 3 is 2.68 bits per heavy atom. The second-order valence-corrected chi connectivity index (χ2v) is 5.52. The van der Waals surface area contributed by atoms with E-state index in [0.29, 0.717) is 25.3 Å². The second kappa shape index (κ2) is 10.3. The van der Waals surface area contributed by atoms with E-state index in [2.05, 4.69) is 15.6 Å². The average Bonchev–Trinajstić information content (AvgIpc) is 2.66. The number of nitrogens with zero attached hydrogens (tertiary/aromatic N) is 1. The molecule has 0 unspecified atom stereocenters. The molecule has 1 amide bonds. The topological polar surface area (TPSA) is 72.5 Å². The molecule has 0 bridgehead atoms. The fourth-order valence-electron chi connectivity index (χ4n) is 2.39. The number of nitrogens with one attached hydrogen (secondary N) is 2. The summed E-state index contributed by atoms with van der Waals surface area (Å²) in [6.45, 7) is 2.05. The van der Waals surface area contributed by atoms with Gasteiger partial charge in [-0.1, -0.05) is 18.2 Å². The quantitative estimate of drug-likeness (QED) is 0.649. The van der Waals surface area contributed by atoms with Gasteiger partial charge in [0, 0.05) is 26.8 Å². The monoisotopic (exact) mass is 343 g/mol. The molecule has 134 valence electrons. The van der Waals surface area contributed by atoms with Crippen molar-refractivity contribution in [1.29, 1.82) is 0 Å². The summed E-state index contributed by atoms with van der Waals surface area (Å²) < 4.78 is 10.3. The van der Waals surface area contributed by atoms with Crippen LogP contribution in [0.1, 0.15) is 22.5 Å². The Hall–Kier alpha value is -2.60. The molecule has 0 spiro atoms. The molecule has 2 aromatic rings. The SMILES string of the molecule is COCCCNc1ccc(C(=O)NCCc2ccccc2OC)nc1. The van der Waals surface area contributed by atoms with Crippen molar-refractivity contribution in [2.24, 2.45) is 0 Å². The molecule has 0 aliphatic carbocycles. The Kier molecular flexibility index (Phi) is 7.72. The first-order valence-electron chi connectivity index (χ1n) is 8.33. The minimum atomic E-state index is -0.180. The van der Waals surface area contributed by atoms with Crippen molar-refractivity contribution < 1.29 is 14.3 Å². The van der Waals surface area contributed by atoms with Gasteiger partial charge in [0.25, 0.3) is 5.91 Å². The molecule has 6 nitrogen and oxygen atoms in total. The predicted molar refractivity (Wildman–Crippen MR) is 98.3 cm³/mol. The number of benzene rings is 1. The Morgan fingerprint density at radius 1 is 1.12 bits per heavy atom. The summed E-state index contributed by atoms with van der Waals surface area (Å²) in [4.78, 5) is 16.4. The van der Waals surface area contributed by atoms with Crippen molar-refractivity contribution in [3.63, 3.8) is 0 Å². The zero-order valence-corrected chi connectivity index (χ0v) is 14.7. The van der Waals surface area contributed by atoms with Gasteiger partial charge >= 0.3 is 0 Å². The lowest BCUT2D eigenvalue weighted by atomic mass is 10.1. The van der Waals surface area contributed by atoms with E-state index in [9.17, 15) is 4.79 Å². The van der Waals surface area contributed by atoms with Crippen LogP contribution in [-0.2, 0) is 11.2 Å². The van der Waals surface area contributed by atoms with Crippen LogP contribution in [0.3, 0.4) is 0 Å². The third-order valence-corrected chi connectivity index (χ3v) is 3.72. The normalized spacial score (nSPS) is 10.3. The van der Waals surface area contributed by atoms with E-state index in [1.165, 1.54) is 0 Å². The maximum absolute atomic E-state index is 12.2. The molecule has 0 saturated heterocycles. The number of pyridine rings is 1. The lowest BCUT2D eigenvalue weighted by Gasteiger charge is -2.09. The molecular weight excluding hydrogens is 318 g/mol. The number of aromatic nitrogens is 1. The van der Waals surface area contributed by atoms with Gasteiger partial charge in [0.15, 0.2) is 0 Å². The van der Waals surface area contributed by atoms with Crippen molar-refractivity contribution in [3.05, 3.63) is 53.9 Å². The molecule has 0 atom stereocenters. The summed E-state index contributed by atoms with van der Waals surface area (Å²) >= 11 is 0. The summed E-state index contributed by atoms with van der Waals surface area (Å²) in [6.07, 6.45) is 3.29. The molecule has 25 heavy (non-hydrogen) atoms. The zero-order chi connectivity index (χ0) is 17.9. The fraction of sp³-hybridized carbons (Fsp3) is 0.368. The average molecular weight is 343 g/mol. The number of amides is 1. The van der Waals surface area contributed by atoms with Crippen LogP contribution in [0.2, 0.25) is 0 Å². The number of hydrogen-bond acceptors (Lipinski definition) is 5. The van der Waals surface area contributed by atoms with Gasteiger partial charge in [-0.25, -0.2) is 4.98 Å². The maximum Gasteiger partial charge on any atom is 0.269 e. The van der Waals surface area contributed by atoms with Crippen LogP contribution in [0.25, 0.3) is 0 Å². The number of anilines is 1. The first-order valence-corrected chi connectivity index (χ1v) is 8.33. The van der Waals surface area contributed by atoms with Gasteiger partial charge in [-0.05, 0) is 36.6 Å². The van der Waals surface area contributed by atoms with E-state index in [1.807, 2.05) is 30.3 Å². The van der Waals surface area contributed by atoms with Crippen molar-refractivity contribution in [1.82, 2.24) is 10.3 Å². The zero-order valence-electron chi connectivity index (χ0n) is 14.7. The lowest BCUT2D eigenvalue weighted by molar-refractivity contribution is 0.0949. The molecule has 0 aliphatic rings. The van der Waals surface area contributed by atoms with E-state index < -0.39 is 0 Å². The van der Waals surface area contributed by atoms with Crippen LogP contribution in [0.5, 0.6) is 5.75 Å². The molecule has 0 aliphatic heterocycles. The van der Waals surface area contributed by atoms with Gasteiger partial charge in [0.2, 0.25) is 0 Å². The van der Waals surface area contributed by atoms with E-state index in [0.717, 1.165) is 30.0 Å². The largest absolute Gasteiger partial charge is 0.496 e. The summed E-state index contributed by atoms with van der Waals surface area (Å²) in [5.74, 6) is 0.652. The Balaban J connectivity index is 1.78. The van der Waals surface area contributed by atoms with Gasteiger partial charge < -0.3 is 20.1 Å². The van der Waals surface area contributed by atoms with Crippen LogP contribution in [-0.4, -0.2) is 44.8 Å². The molecule has 1 aromatic carbocycles. The molecule has 0 fully saturated rings. The van der Waals surface area contributed by atoms with Gasteiger partial charge in [0.1, 0.15) is 11.4 Å². The highest BCUT2D eigenvalue weighted by atomic mass is 16.5. The molecule has 0 radical (unpaired) electrons. The highest BCUT2D eigenvalue weighted by Gasteiger charge is 2.07. The predicted octanol–water partition coefficient (Wildman–Crippen LogP) is 2.51. The van der Waals surface area contributed by atoms with E-state index in [4.69, 9.17) is 9.47 Å². The molecule has 1 aromatic heterocycles. The highest BCUT2D eigenvalue weighted by Crippen LogP contribution is 2.17. The third kappa shape index (κ3) is 6.08. The lowest BCUT2D eigenvalue weighted by Crippen LogP contribution is -2.26. The van der Waals surface area contributed by atoms with Crippen LogP contribution >= 0.6 is 0 Å². The summed E-state index contributed by atoms with van der Waals surface area (Å²) in [5.41, 5.74) is 2.36. The highest BCUT2D eigenvalue weighted by molar-refractivity contribution is 5.92. The minimum Gasteiger partial charge on any atom is -0.496 e. The number of methoxy groups -OCH3 is 2. The summed E-state index contributed by atoms with van der Waals surface area (Å²) in [6, 6.07) is 11.4. The number of hydrogen-bond donors (Lipinski definition) is 2. The van der Waals surface area contributed by atoms with Crippen LogP contribution in [0, 0.1) is 0 Å². The Bertz CT molecular complexity index is 659. The van der Waals surface area contributed by atoms with Gasteiger partial charge in [0.05, 0.1) is 19.0 Å². The standard InChI is InChI=1S/C19H25N3O3/c1-24-13-5-11-20-16-8-9-17(22-14-16)19(23)21-12-10-15-6-3-4-7-18(15)25-2/h3-4,6-9,14,20H,5,10-13H2,1-2H3,(H,21,23). The molecule has 0 saturated carbocycles. The van der Waals surface area contributed by atoms with E-state index in [1.54, 1.807) is 26.5 Å². The first-order chi connectivity index (χ1) is 12.2. The van der Waals surface area contributed by atoms with Crippen molar-refractivity contribution >= 4 is 11.6 Å². The summed E-state index contributed by atoms with van der Waals surface area (Å²) in [5, 5.41) is 6.12. The Labute approximate surface area is 148 Å². The van der Waals surface area contributed by atoms with Crippen molar-refractivity contribution in [2.75, 3.05) is 39.2 Å². The molecule has 2 N–H and O–H groups in total. The smallest absolute Gasteiger partial charge is 0.269 e. The Morgan fingerprint density at radius 2 is 1.96 bits per heavy atom. The minimum absolute atomic E-state index is 0.180. The van der Waals surface area contributed by atoms with Crippen LogP contribution < -0.4 is 15.4 Å². The summed E-state index contributed by atoms with van der Waals surface area (Å²) in [7, 11) is 3.33. The third-order valence-electron chi connectivity index (χ3n) is 3.72. The van der Waals surface area contributed by atoms with Gasteiger partial charge in [-0.3, -0.25) is 4.79 Å². The molecule has 2 rings (SSSR count). The second-order valence-electron chi connectivity index (χ2n) is 5.52. The first kappa shape index (κ1) is 18.7. The molecule has 6 heteroatoms. The number of carbonyl (C=O) groups excluding carboxylic acids is 1. The van der Waals surface area contributed by atoms with Crippen molar-refractivity contribution in [2.45, 2.75) is 12.8 Å². The van der Waals surface area contributed by atoms with Crippen LogP contribution in [0.4, 0.5) is 5.69 Å². The van der Waals surface area contributed by atoms with Crippen molar-refractivity contribution in [3.8, 4) is 5.75 Å². The van der Waals surface area contributed by atoms with E-state index >= 15 is 0 Å². The van der Waals surface area contributed by atoms with Crippen LogP contribution in [0.15, 0.2) is 42.6 Å². The number of ether oxygens (including phenoxy) is 2. The maximum atomic E-state index is 12.2. The van der Waals surface area contributed by atoms with E-state index in [-0.39, 0.29) is 5.91 Å². The molecular formula is C19H25N3O3. The van der Waals surface area contributed by atoms with Gasteiger partial charge in [-0.15, -0.1) is 0 Å². The fourth-order valence-corrected chi connectivity index (χ4v) is 2.39. The van der Waals surface area contributed by atoms with Gasteiger partial charge in [-0.2, -0.15) is 0 Å². The number of para-hydroxylation sites is 1.